The fourth-order valence-corrected chi connectivity index (χ4v) is 2.45. The summed E-state index contributed by atoms with van der Waals surface area (Å²) < 4.78 is 10.3. The Balaban J connectivity index is 0.000000271. The maximum Gasteiger partial charge on any atom is 0.310 e. The van der Waals surface area contributed by atoms with E-state index in [0.29, 0.717) is 0 Å². The number of carbonyl (C=O) groups is 2. The number of hydrogen-bond donors (Lipinski definition) is 1. The van der Waals surface area contributed by atoms with Crippen LogP contribution in [0.25, 0.3) is 0 Å². The number of methoxy groups -OCH3 is 2. The monoisotopic (exact) mass is 372 g/mol. The van der Waals surface area contributed by atoms with Gasteiger partial charge in [-0.15, -0.1) is 0 Å². The highest BCUT2D eigenvalue weighted by molar-refractivity contribution is 5.75. The van der Waals surface area contributed by atoms with E-state index in [1.165, 1.54) is 0 Å². The number of carboxylic acid groups (broad SMARTS) is 1. The summed E-state index contributed by atoms with van der Waals surface area (Å²) in [6, 6.07) is 11.3. The van der Waals surface area contributed by atoms with E-state index in [9.17, 15) is 9.59 Å². The minimum absolute atomic E-state index is 0.0606. The zero-order valence-electron chi connectivity index (χ0n) is 16.8. The number of aliphatic carboxylic acids is 1. The van der Waals surface area contributed by atoms with Gasteiger partial charge in [-0.05, 0) is 55.2 Å². The van der Waals surface area contributed by atoms with E-state index in [0.717, 1.165) is 40.0 Å². The van der Waals surface area contributed by atoms with Gasteiger partial charge in [0, 0.05) is 5.92 Å². The summed E-state index contributed by atoms with van der Waals surface area (Å²) in [4.78, 5) is 21.3. The van der Waals surface area contributed by atoms with Crippen LogP contribution in [0.5, 0.6) is 11.5 Å². The van der Waals surface area contributed by atoms with Gasteiger partial charge < -0.3 is 19.4 Å². The molecule has 0 saturated carbocycles. The molecule has 5 nitrogen and oxygen atoms in total. The van der Waals surface area contributed by atoms with Crippen molar-refractivity contribution in [1.82, 2.24) is 0 Å². The molecule has 0 aliphatic carbocycles. The number of ether oxygens (including phenoxy) is 2. The molecule has 5 heteroatoms. The normalized spacial score (nSPS) is 12.2. The molecular weight excluding hydrogens is 344 g/mol. The summed E-state index contributed by atoms with van der Waals surface area (Å²) in [6.45, 7) is 7.44. The first-order chi connectivity index (χ1) is 12.7. The van der Waals surface area contributed by atoms with Crippen LogP contribution in [-0.4, -0.2) is 31.6 Å². The van der Waals surface area contributed by atoms with Gasteiger partial charge in [0.1, 0.15) is 17.8 Å². The van der Waals surface area contributed by atoms with E-state index in [2.05, 4.69) is 0 Å². The lowest BCUT2D eigenvalue weighted by Gasteiger charge is -2.10. The minimum Gasteiger partial charge on any atom is -0.496 e. The number of aryl methyl sites for hydroxylation is 2. The molecule has 0 fully saturated rings. The highest BCUT2D eigenvalue weighted by Gasteiger charge is 2.14. The quantitative estimate of drug-likeness (QED) is 0.756. The molecule has 0 saturated heterocycles. The lowest BCUT2D eigenvalue weighted by atomic mass is 10.00. The lowest BCUT2D eigenvalue weighted by Crippen LogP contribution is -2.07. The van der Waals surface area contributed by atoms with Crippen LogP contribution in [0.2, 0.25) is 0 Å². The van der Waals surface area contributed by atoms with E-state index in [1.54, 1.807) is 27.2 Å². The number of carboxylic acids is 1. The van der Waals surface area contributed by atoms with Crippen molar-refractivity contribution in [2.45, 2.75) is 39.5 Å². The zero-order valence-corrected chi connectivity index (χ0v) is 16.8. The average Bonchev–Trinajstić information content (AvgIpc) is 2.68. The summed E-state index contributed by atoms with van der Waals surface area (Å²) in [5.41, 5.74) is 3.86. The van der Waals surface area contributed by atoms with Crippen LogP contribution < -0.4 is 9.47 Å². The Morgan fingerprint density at radius 3 is 1.78 bits per heavy atom. The summed E-state index contributed by atoms with van der Waals surface area (Å²) in [5.74, 6) is 0.191. The molecule has 0 heterocycles. The Hall–Kier alpha value is -2.82. The second-order valence-electron chi connectivity index (χ2n) is 6.44. The molecule has 146 valence electrons. The fraction of sp³-hybridized carbons (Fsp3) is 0.364. The molecule has 0 aliphatic heterocycles. The Labute approximate surface area is 160 Å². The molecule has 0 radical (unpaired) electrons. The van der Waals surface area contributed by atoms with Gasteiger partial charge in [0.25, 0.3) is 0 Å². The van der Waals surface area contributed by atoms with Crippen molar-refractivity contribution < 1.29 is 24.2 Å². The molecule has 1 N–H and O–H groups in total. The van der Waals surface area contributed by atoms with Crippen molar-refractivity contribution in [3.8, 4) is 11.5 Å². The molecular formula is C22H28O5. The third-order valence-corrected chi connectivity index (χ3v) is 4.46. The largest absolute Gasteiger partial charge is 0.496 e. The Morgan fingerprint density at radius 2 is 1.37 bits per heavy atom. The van der Waals surface area contributed by atoms with Gasteiger partial charge in [-0.3, -0.25) is 4.79 Å². The van der Waals surface area contributed by atoms with Crippen LogP contribution in [0.1, 0.15) is 47.9 Å². The first kappa shape index (κ1) is 22.2. The Morgan fingerprint density at radius 1 is 0.926 bits per heavy atom. The van der Waals surface area contributed by atoms with Gasteiger partial charge in [0.05, 0.1) is 20.1 Å². The van der Waals surface area contributed by atoms with Gasteiger partial charge in [-0.2, -0.15) is 0 Å². The SMILES string of the molecule is COc1cc([C@@H](C)C(=O)O)ccc1C.COc1cc([C@@H](C)C=O)ccc1C. The van der Waals surface area contributed by atoms with Crippen LogP contribution in [-0.2, 0) is 9.59 Å². The van der Waals surface area contributed by atoms with Crippen LogP contribution in [0, 0.1) is 13.8 Å². The van der Waals surface area contributed by atoms with E-state index in [4.69, 9.17) is 14.6 Å². The van der Waals surface area contributed by atoms with Crippen molar-refractivity contribution in [2.75, 3.05) is 14.2 Å². The molecule has 2 rings (SSSR count). The van der Waals surface area contributed by atoms with Gasteiger partial charge in [0.2, 0.25) is 0 Å². The summed E-state index contributed by atoms with van der Waals surface area (Å²) >= 11 is 0. The van der Waals surface area contributed by atoms with Crippen molar-refractivity contribution in [3.05, 3.63) is 58.7 Å². The molecule has 0 aromatic heterocycles. The molecule has 27 heavy (non-hydrogen) atoms. The first-order valence-electron chi connectivity index (χ1n) is 8.72. The molecule has 2 atom stereocenters. The van der Waals surface area contributed by atoms with Gasteiger partial charge in [-0.1, -0.05) is 31.2 Å². The van der Waals surface area contributed by atoms with Crippen LogP contribution in [0.4, 0.5) is 0 Å². The van der Waals surface area contributed by atoms with Crippen molar-refractivity contribution in [2.24, 2.45) is 0 Å². The second kappa shape index (κ2) is 10.4. The molecule has 2 aromatic rings. The summed E-state index contributed by atoms with van der Waals surface area (Å²) in [6.07, 6.45) is 0.935. The Bertz CT molecular complexity index is 782. The predicted molar refractivity (Wildman–Crippen MR) is 106 cm³/mol. The molecule has 0 amide bonds. The number of rotatable bonds is 6. The van der Waals surface area contributed by atoms with Gasteiger partial charge in [-0.25, -0.2) is 0 Å². The number of aldehydes is 1. The van der Waals surface area contributed by atoms with Crippen molar-refractivity contribution in [3.63, 3.8) is 0 Å². The second-order valence-corrected chi connectivity index (χ2v) is 6.44. The van der Waals surface area contributed by atoms with Gasteiger partial charge in [0.15, 0.2) is 0 Å². The number of carbonyl (C=O) groups excluding carboxylic acids is 1. The lowest BCUT2D eigenvalue weighted by molar-refractivity contribution is -0.138. The first-order valence-corrected chi connectivity index (χ1v) is 8.72. The number of benzene rings is 2. The average molecular weight is 372 g/mol. The molecule has 0 bridgehead atoms. The van der Waals surface area contributed by atoms with E-state index in [1.807, 2.05) is 51.1 Å². The Kier molecular flexibility index (Phi) is 8.52. The third-order valence-electron chi connectivity index (χ3n) is 4.46. The summed E-state index contributed by atoms with van der Waals surface area (Å²) in [5, 5.41) is 8.83. The van der Waals surface area contributed by atoms with Crippen molar-refractivity contribution in [1.29, 1.82) is 0 Å². The molecule has 2 aromatic carbocycles. The maximum absolute atomic E-state index is 10.7. The van der Waals surface area contributed by atoms with Crippen LogP contribution in [0.15, 0.2) is 36.4 Å². The topological polar surface area (TPSA) is 72.8 Å². The zero-order chi connectivity index (χ0) is 20.6. The minimum atomic E-state index is -0.823. The molecule has 0 unspecified atom stereocenters. The highest BCUT2D eigenvalue weighted by Crippen LogP contribution is 2.24. The number of hydrogen-bond acceptors (Lipinski definition) is 4. The smallest absolute Gasteiger partial charge is 0.310 e. The third kappa shape index (κ3) is 6.13. The summed E-state index contributed by atoms with van der Waals surface area (Å²) in [7, 11) is 3.22. The van der Waals surface area contributed by atoms with Crippen LogP contribution in [0.3, 0.4) is 0 Å². The maximum atomic E-state index is 10.7. The van der Waals surface area contributed by atoms with Gasteiger partial charge >= 0.3 is 5.97 Å². The highest BCUT2D eigenvalue weighted by atomic mass is 16.5. The van der Waals surface area contributed by atoms with Crippen molar-refractivity contribution >= 4 is 12.3 Å². The fourth-order valence-electron chi connectivity index (χ4n) is 2.45. The van der Waals surface area contributed by atoms with E-state index in [-0.39, 0.29) is 5.92 Å². The van der Waals surface area contributed by atoms with E-state index >= 15 is 0 Å². The molecule has 0 spiro atoms. The molecule has 0 aliphatic rings. The predicted octanol–water partition coefficient (Wildman–Crippen LogP) is 4.50. The van der Waals surface area contributed by atoms with E-state index < -0.39 is 11.9 Å². The standard InChI is InChI=1S/C11H14O3.C11H14O2/c1-7-4-5-9(6-10(7)14-3)8(2)11(12)13;1-8-4-5-10(9(2)7-12)6-11(8)13-3/h4-6,8H,1-3H3,(H,12,13);4-7,9H,1-3H3/t8-;9-/m10/s1. The van der Waals surface area contributed by atoms with Crippen LogP contribution >= 0.6 is 0 Å².